The Morgan fingerprint density at radius 3 is 2.00 bits per heavy atom. The molecule has 2 aliphatic carbocycles. The van der Waals surface area contributed by atoms with Gasteiger partial charge < -0.3 is 4.74 Å². The van der Waals surface area contributed by atoms with Gasteiger partial charge in [0.25, 0.3) is 0 Å². The van der Waals surface area contributed by atoms with Crippen molar-refractivity contribution in [1.82, 2.24) is 0 Å². The van der Waals surface area contributed by atoms with Gasteiger partial charge in [0.1, 0.15) is 5.75 Å². The van der Waals surface area contributed by atoms with Crippen LogP contribution in [0.5, 0.6) is 5.75 Å². The molecule has 2 atom stereocenters. The Bertz CT molecular complexity index is 1520. The van der Waals surface area contributed by atoms with Crippen molar-refractivity contribution in [3.05, 3.63) is 112 Å². The summed E-state index contributed by atoms with van der Waals surface area (Å²) in [5, 5.41) is 0.703. The zero-order chi connectivity index (χ0) is 27.0. The fraction of sp³-hybridized carbons (Fsp3) is 0.235. The van der Waals surface area contributed by atoms with Crippen molar-refractivity contribution in [2.24, 2.45) is 11.8 Å². The van der Waals surface area contributed by atoms with E-state index in [1.807, 2.05) is 80.6 Å². The van der Waals surface area contributed by atoms with Crippen LogP contribution in [-0.2, 0) is 12.8 Å². The van der Waals surface area contributed by atoms with E-state index in [-0.39, 0.29) is 23.4 Å². The van der Waals surface area contributed by atoms with Gasteiger partial charge in [0.05, 0.1) is 7.11 Å². The first-order valence-corrected chi connectivity index (χ1v) is 13.4. The van der Waals surface area contributed by atoms with Gasteiger partial charge in [-0.3, -0.25) is 9.59 Å². The Kier molecular flexibility index (Phi) is 7.23. The number of hydrogen-bond donors (Lipinski definition) is 0. The van der Waals surface area contributed by atoms with Crippen molar-refractivity contribution in [2.45, 2.75) is 33.6 Å². The molecule has 0 fully saturated rings. The predicted octanol–water partition coefficient (Wildman–Crippen LogP) is 8.43. The molecule has 0 radical (unpaired) electrons. The van der Waals surface area contributed by atoms with Crippen molar-refractivity contribution in [2.75, 3.05) is 7.11 Å². The lowest BCUT2D eigenvalue weighted by molar-refractivity contribution is 0.0939. The molecule has 0 N–H and O–H groups in total. The Morgan fingerprint density at radius 2 is 1.34 bits per heavy atom. The molecule has 38 heavy (non-hydrogen) atoms. The summed E-state index contributed by atoms with van der Waals surface area (Å²) in [5.74, 6) is 1.51. The fourth-order valence-electron chi connectivity index (χ4n) is 5.63. The minimum absolute atomic E-state index is 0.0703. The first-order chi connectivity index (χ1) is 18.3. The minimum Gasteiger partial charge on any atom is -0.497 e. The summed E-state index contributed by atoms with van der Waals surface area (Å²) in [7, 11) is 1.66. The zero-order valence-electron chi connectivity index (χ0n) is 22.2. The number of fused-ring (bicyclic) bond motifs is 2. The summed E-state index contributed by atoms with van der Waals surface area (Å²) in [6.45, 7) is 6.05. The number of benzene rings is 4. The van der Waals surface area contributed by atoms with Crippen molar-refractivity contribution in [1.29, 1.82) is 0 Å². The molecule has 0 spiro atoms. The van der Waals surface area contributed by atoms with Crippen LogP contribution >= 0.6 is 11.6 Å². The van der Waals surface area contributed by atoms with E-state index in [9.17, 15) is 9.59 Å². The average Bonchev–Trinajstić information content (AvgIpc) is 3.38. The first-order valence-electron chi connectivity index (χ1n) is 13.0. The van der Waals surface area contributed by atoms with Crippen LogP contribution in [0, 0.1) is 18.8 Å². The molecule has 0 saturated heterocycles. The maximum atomic E-state index is 12.4. The maximum Gasteiger partial charge on any atom is 0.166 e. The number of halogens is 1. The summed E-state index contributed by atoms with van der Waals surface area (Å²) >= 11 is 6.16. The molecule has 6 rings (SSSR count). The Labute approximate surface area is 229 Å². The number of carbonyl (C=O) groups is 2. The van der Waals surface area contributed by atoms with Crippen LogP contribution in [0.25, 0.3) is 22.3 Å². The predicted molar refractivity (Wildman–Crippen MR) is 154 cm³/mol. The third-order valence-electron chi connectivity index (χ3n) is 7.59. The summed E-state index contributed by atoms with van der Waals surface area (Å²) in [6, 6.07) is 25.9. The molecule has 0 aromatic heterocycles. The molecule has 192 valence electrons. The second-order valence-corrected chi connectivity index (χ2v) is 10.7. The molecule has 4 aromatic carbocycles. The standard InChI is InChI=1S/C18H18O2.C16H13ClO/c1-11-4-5-14-10-12(2)18(19)17(14)16(11)13-6-8-15(20-3)9-7-13;1-10-7-12-8-13(17)9-14(15(12)16(10)18)11-5-3-2-4-6-11/h4-9,12H,10H2,1-3H3;2-6,8-10H,7H2,1H3. The van der Waals surface area contributed by atoms with Crippen LogP contribution in [0.2, 0.25) is 5.02 Å². The highest BCUT2D eigenvalue weighted by Gasteiger charge is 2.31. The second kappa shape index (κ2) is 10.6. The SMILES string of the molecule is CC1Cc2cc(Cl)cc(-c3ccccc3)c2C1=O.COc1ccc(-c2c(C)ccc3c2C(=O)C(C)C3)cc1. The molecule has 2 aliphatic rings. The molecular formula is C34H31ClO3. The molecule has 0 heterocycles. The molecule has 0 bridgehead atoms. The molecular weight excluding hydrogens is 492 g/mol. The van der Waals surface area contributed by atoms with Crippen LogP contribution in [0.4, 0.5) is 0 Å². The fourth-order valence-corrected chi connectivity index (χ4v) is 5.87. The van der Waals surface area contributed by atoms with E-state index < -0.39 is 0 Å². The van der Waals surface area contributed by atoms with Crippen LogP contribution in [-0.4, -0.2) is 18.7 Å². The molecule has 4 heteroatoms. The van der Waals surface area contributed by atoms with E-state index in [4.69, 9.17) is 16.3 Å². The number of ketones is 2. The van der Waals surface area contributed by atoms with Gasteiger partial charge in [0.15, 0.2) is 11.6 Å². The number of carbonyl (C=O) groups excluding carboxylic acids is 2. The topological polar surface area (TPSA) is 43.4 Å². The van der Waals surface area contributed by atoms with E-state index in [0.717, 1.165) is 63.1 Å². The van der Waals surface area contributed by atoms with Crippen molar-refractivity contribution in [3.8, 4) is 28.0 Å². The molecule has 0 saturated carbocycles. The summed E-state index contributed by atoms with van der Waals surface area (Å²) < 4.78 is 5.20. The van der Waals surface area contributed by atoms with Crippen LogP contribution in [0.1, 0.15) is 51.3 Å². The van der Waals surface area contributed by atoms with Crippen LogP contribution in [0.15, 0.2) is 78.9 Å². The minimum atomic E-state index is 0.0703. The maximum absolute atomic E-state index is 12.4. The van der Waals surface area contributed by atoms with E-state index in [1.165, 1.54) is 5.56 Å². The third-order valence-corrected chi connectivity index (χ3v) is 7.81. The number of methoxy groups -OCH3 is 1. The number of rotatable bonds is 3. The molecule has 4 aromatic rings. The second-order valence-electron chi connectivity index (χ2n) is 10.3. The summed E-state index contributed by atoms with van der Waals surface area (Å²) in [4.78, 5) is 24.7. The number of hydrogen-bond acceptors (Lipinski definition) is 3. The summed E-state index contributed by atoms with van der Waals surface area (Å²) in [5.41, 5.74) is 9.38. The van der Waals surface area contributed by atoms with E-state index in [0.29, 0.717) is 5.02 Å². The highest BCUT2D eigenvalue weighted by atomic mass is 35.5. The third kappa shape index (κ3) is 4.79. The summed E-state index contributed by atoms with van der Waals surface area (Å²) in [6.07, 6.45) is 1.66. The van der Waals surface area contributed by atoms with Gasteiger partial charge in [-0.1, -0.05) is 80.0 Å². The van der Waals surface area contributed by atoms with E-state index >= 15 is 0 Å². The van der Waals surface area contributed by atoms with Gasteiger partial charge in [-0.15, -0.1) is 0 Å². The van der Waals surface area contributed by atoms with E-state index in [2.05, 4.69) is 19.1 Å². The van der Waals surface area contributed by atoms with E-state index in [1.54, 1.807) is 7.11 Å². The largest absolute Gasteiger partial charge is 0.497 e. The quantitative estimate of drug-likeness (QED) is 0.271. The molecule has 0 aliphatic heterocycles. The lowest BCUT2D eigenvalue weighted by Gasteiger charge is -2.12. The highest BCUT2D eigenvalue weighted by molar-refractivity contribution is 6.31. The van der Waals surface area contributed by atoms with Gasteiger partial charge in [-0.25, -0.2) is 0 Å². The Balaban J connectivity index is 0.000000156. The van der Waals surface area contributed by atoms with Gasteiger partial charge in [-0.2, -0.15) is 0 Å². The van der Waals surface area contributed by atoms with Crippen molar-refractivity contribution in [3.63, 3.8) is 0 Å². The van der Waals surface area contributed by atoms with Gasteiger partial charge in [0, 0.05) is 28.0 Å². The molecule has 3 nitrogen and oxygen atoms in total. The van der Waals surface area contributed by atoms with Gasteiger partial charge in [-0.05, 0) is 83.0 Å². The Hall–Kier alpha value is -3.69. The highest BCUT2D eigenvalue weighted by Crippen LogP contribution is 2.38. The normalized spacial score (nSPS) is 17.5. The van der Waals surface area contributed by atoms with Crippen LogP contribution < -0.4 is 4.74 Å². The lowest BCUT2D eigenvalue weighted by atomic mass is 9.92. The van der Waals surface area contributed by atoms with Crippen molar-refractivity contribution >= 4 is 23.2 Å². The first kappa shape index (κ1) is 25.9. The van der Waals surface area contributed by atoms with Crippen LogP contribution in [0.3, 0.4) is 0 Å². The molecule has 0 amide bonds. The molecule has 2 unspecified atom stereocenters. The smallest absolute Gasteiger partial charge is 0.166 e. The average molecular weight is 523 g/mol. The zero-order valence-corrected chi connectivity index (χ0v) is 22.9. The van der Waals surface area contributed by atoms with Gasteiger partial charge >= 0.3 is 0 Å². The number of ether oxygens (including phenoxy) is 1. The van der Waals surface area contributed by atoms with Gasteiger partial charge in [0.2, 0.25) is 0 Å². The lowest BCUT2D eigenvalue weighted by Crippen LogP contribution is -2.05. The number of Topliss-reactive ketones (excluding diaryl/α,β-unsaturated/α-hetero) is 2. The van der Waals surface area contributed by atoms with Crippen molar-refractivity contribution < 1.29 is 14.3 Å². The Morgan fingerprint density at radius 1 is 0.711 bits per heavy atom. The monoisotopic (exact) mass is 522 g/mol. The number of aryl methyl sites for hydroxylation is 1.